The number of aliphatic hydroxyl groups excluding tert-OH is 1. The summed E-state index contributed by atoms with van der Waals surface area (Å²) in [7, 11) is 0. The quantitative estimate of drug-likeness (QED) is 0.471. The van der Waals surface area contributed by atoms with E-state index in [2.05, 4.69) is 17.6 Å². The molecular weight excluding hydrogens is 486 g/mol. The monoisotopic (exact) mass is 521 g/mol. The van der Waals surface area contributed by atoms with Crippen molar-refractivity contribution in [2.24, 2.45) is 11.8 Å². The van der Waals surface area contributed by atoms with Gasteiger partial charge < -0.3 is 20.6 Å². The van der Waals surface area contributed by atoms with Crippen molar-refractivity contribution in [1.29, 1.82) is 0 Å². The Bertz CT molecular complexity index is 1160. The van der Waals surface area contributed by atoms with Crippen LogP contribution in [-0.2, 0) is 27.5 Å². The Balaban J connectivity index is 1.44. The molecule has 0 saturated carbocycles. The lowest BCUT2D eigenvalue weighted by Gasteiger charge is -2.36. The highest BCUT2D eigenvalue weighted by Gasteiger charge is 2.77. The second kappa shape index (κ2) is 10.1. The number of rotatable bonds is 9. The number of amides is 3. The summed E-state index contributed by atoms with van der Waals surface area (Å²) in [6.07, 6.45) is 1.98. The molecule has 3 saturated heterocycles. The molecular formula is C29H35N3O4S. The molecule has 3 fully saturated rings. The lowest BCUT2D eigenvalue weighted by molar-refractivity contribution is -0.143. The van der Waals surface area contributed by atoms with Gasteiger partial charge in [0.05, 0.1) is 29.2 Å². The largest absolute Gasteiger partial charge is 0.394 e. The van der Waals surface area contributed by atoms with Gasteiger partial charge in [0.15, 0.2) is 0 Å². The molecule has 2 aromatic carbocycles. The fourth-order valence-corrected chi connectivity index (χ4v) is 8.99. The summed E-state index contributed by atoms with van der Waals surface area (Å²) < 4.78 is -1.12. The number of nitrogens with zero attached hydrogens (tertiary/aromatic N) is 1. The highest BCUT2D eigenvalue weighted by Crippen LogP contribution is 2.71. The average molecular weight is 522 g/mol. The van der Waals surface area contributed by atoms with Crippen LogP contribution < -0.4 is 10.6 Å². The molecule has 196 valence electrons. The van der Waals surface area contributed by atoms with Crippen LogP contribution in [0.25, 0.3) is 0 Å². The van der Waals surface area contributed by atoms with Gasteiger partial charge in [0.2, 0.25) is 17.7 Å². The number of thioether (sulfide) groups is 1. The molecule has 6 atom stereocenters. The molecule has 3 amide bonds. The number of aliphatic hydroxyl groups is 1. The van der Waals surface area contributed by atoms with E-state index in [-0.39, 0.29) is 24.3 Å². The van der Waals surface area contributed by atoms with Crippen molar-refractivity contribution in [2.45, 2.75) is 67.8 Å². The molecule has 3 aliphatic heterocycles. The fraction of sp³-hybridized carbons (Fsp3) is 0.483. The lowest BCUT2D eigenvalue weighted by Crippen LogP contribution is -2.56. The molecule has 3 heterocycles. The number of likely N-dealkylation sites (tertiary alicyclic amines) is 1. The maximum absolute atomic E-state index is 14.1. The van der Waals surface area contributed by atoms with Crippen LogP contribution in [0.4, 0.5) is 0 Å². The zero-order valence-electron chi connectivity index (χ0n) is 21.4. The van der Waals surface area contributed by atoms with Crippen LogP contribution in [-0.4, -0.2) is 55.9 Å². The smallest absolute Gasteiger partial charge is 0.244 e. The Kier molecular flexibility index (Phi) is 7.07. The summed E-state index contributed by atoms with van der Waals surface area (Å²) in [5, 5.41) is 16.3. The maximum Gasteiger partial charge on any atom is 0.244 e. The van der Waals surface area contributed by atoms with Crippen LogP contribution in [0.15, 0.2) is 60.7 Å². The van der Waals surface area contributed by atoms with Crippen molar-refractivity contribution < 1.29 is 19.5 Å². The van der Waals surface area contributed by atoms with E-state index < -0.39 is 33.4 Å². The number of fused-ring (bicyclic) bond motifs is 1. The first-order chi connectivity index (χ1) is 17.8. The van der Waals surface area contributed by atoms with E-state index in [0.29, 0.717) is 25.9 Å². The minimum absolute atomic E-state index is 0.138. The van der Waals surface area contributed by atoms with E-state index in [1.54, 1.807) is 16.7 Å². The summed E-state index contributed by atoms with van der Waals surface area (Å²) >= 11 is 1.65. The Morgan fingerprint density at radius 3 is 2.11 bits per heavy atom. The van der Waals surface area contributed by atoms with Gasteiger partial charge in [-0.25, -0.2) is 0 Å². The normalized spacial score (nSPS) is 30.7. The van der Waals surface area contributed by atoms with Crippen LogP contribution in [0.1, 0.15) is 44.2 Å². The summed E-state index contributed by atoms with van der Waals surface area (Å²) in [5.41, 5.74) is 1.97. The molecule has 0 aliphatic carbocycles. The first kappa shape index (κ1) is 25.8. The molecule has 3 aliphatic rings. The third-order valence-corrected chi connectivity index (χ3v) is 10.4. The van der Waals surface area contributed by atoms with Crippen molar-refractivity contribution in [3.8, 4) is 0 Å². The predicted octanol–water partition coefficient (Wildman–Crippen LogP) is 2.87. The number of hydrogen-bond acceptors (Lipinski definition) is 5. The van der Waals surface area contributed by atoms with Gasteiger partial charge in [-0.3, -0.25) is 14.4 Å². The summed E-state index contributed by atoms with van der Waals surface area (Å²) in [5.74, 6) is -1.67. The first-order valence-corrected chi connectivity index (χ1v) is 13.9. The van der Waals surface area contributed by atoms with Gasteiger partial charge in [0, 0.05) is 17.8 Å². The predicted molar refractivity (Wildman–Crippen MR) is 143 cm³/mol. The molecule has 0 radical (unpaired) electrons. The van der Waals surface area contributed by atoms with Crippen molar-refractivity contribution >= 4 is 29.5 Å². The highest BCUT2D eigenvalue weighted by molar-refractivity contribution is 8.02. The molecule has 2 bridgehead atoms. The molecule has 3 N–H and O–H groups in total. The minimum atomic E-state index is -0.732. The van der Waals surface area contributed by atoms with E-state index in [9.17, 15) is 19.5 Å². The minimum Gasteiger partial charge on any atom is -0.394 e. The van der Waals surface area contributed by atoms with Crippen LogP contribution >= 0.6 is 11.8 Å². The lowest BCUT2D eigenvalue weighted by atomic mass is 9.66. The molecule has 8 heteroatoms. The summed E-state index contributed by atoms with van der Waals surface area (Å²) in [6.45, 7) is 4.51. The maximum atomic E-state index is 14.1. The Labute approximate surface area is 222 Å². The van der Waals surface area contributed by atoms with E-state index in [1.165, 1.54) is 0 Å². The third kappa shape index (κ3) is 4.34. The van der Waals surface area contributed by atoms with Crippen LogP contribution in [0, 0.1) is 11.8 Å². The number of benzene rings is 2. The topological polar surface area (TPSA) is 98.7 Å². The molecule has 37 heavy (non-hydrogen) atoms. The number of carbonyl (C=O) groups excluding carboxylic acids is 3. The zero-order chi connectivity index (χ0) is 26.2. The van der Waals surface area contributed by atoms with Gasteiger partial charge in [-0.2, -0.15) is 0 Å². The van der Waals surface area contributed by atoms with Crippen molar-refractivity contribution in [3.63, 3.8) is 0 Å². The van der Waals surface area contributed by atoms with Gasteiger partial charge in [0.25, 0.3) is 0 Å². The Morgan fingerprint density at radius 1 is 1.00 bits per heavy atom. The van der Waals surface area contributed by atoms with Gasteiger partial charge >= 0.3 is 0 Å². The van der Waals surface area contributed by atoms with Crippen molar-refractivity contribution in [2.75, 3.05) is 6.61 Å². The summed E-state index contributed by atoms with van der Waals surface area (Å²) in [4.78, 5) is 43.2. The molecule has 0 aromatic heterocycles. The van der Waals surface area contributed by atoms with Crippen LogP contribution in [0.3, 0.4) is 0 Å². The van der Waals surface area contributed by atoms with E-state index in [4.69, 9.17) is 0 Å². The van der Waals surface area contributed by atoms with Gasteiger partial charge in [0.1, 0.15) is 6.04 Å². The molecule has 7 nitrogen and oxygen atoms in total. The number of hydrogen-bond donors (Lipinski definition) is 3. The number of nitrogens with one attached hydrogen (secondary N) is 2. The molecule has 2 unspecified atom stereocenters. The highest BCUT2D eigenvalue weighted by atomic mass is 32.2. The average Bonchev–Trinajstić information content (AvgIpc) is 3.49. The molecule has 2 aromatic rings. The van der Waals surface area contributed by atoms with Crippen LogP contribution in [0.2, 0.25) is 0 Å². The Hall–Kier alpha value is -2.84. The van der Waals surface area contributed by atoms with Gasteiger partial charge in [-0.05, 0) is 37.3 Å². The number of carbonyl (C=O) groups is 3. The van der Waals surface area contributed by atoms with E-state index in [1.807, 2.05) is 67.6 Å². The first-order valence-electron chi connectivity index (χ1n) is 13.1. The van der Waals surface area contributed by atoms with E-state index >= 15 is 0 Å². The summed E-state index contributed by atoms with van der Waals surface area (Å²) in [6, 6.07) is 18.2. The van der Waals surface area contributed by atoms with E-state index in [0.717, 1.165) is 17.5 Å². The third-order valence-electron chi connectivity index (χ3n) is 8.44. The van der Waals surface area contributed by atoms with Crippen LogP contribution in [0.5, 0.6) is 0 Å². The second-order valence-electron chi connectivity index (χ2n) is 10.6. The fourth-order valence-electron chi connectivity index (χ4n) is 6.65. The van der Waals surface area contributed by atoms with Gasteiger partial charge in [-0.1, -0.05) is 67.6 Å². The second-order valence-corrected chi connectivity index (χ2v) is 12.5. The van der Waals surface area contributed by atoms with Crippen molar-refractivity contribution in [3.05, 3.63) is 71.8 Å². The standard InChI is InChI=1S/C29H35N3O4S/c1-3-21(18-33)32-24(26(35)31-17-20-12-8-5-9-13-20)29-15-14-28(2,37-29)22(23(29)27(32)36)25(34)30-16-19-10-6-4-7-11-19/h4-13,21-24,33H,3,14-18H2,1-2H3,(H,30,34)(H,31,35)/t21-,22+,23-,24?,28-,29?/m0/s1. The van der Waals surface area contributed by atoms with Crippen molar-refractivity contribution in [1.82, 2.24) is 15.5 Å². The Morgan fingerprint density at radius 2 is 1.57 bits per heavy atom. The van der Waals surface area contributed by atoms with Gasteiger partial charge in [-0.15, -0.1) is 11.8 Å². The SMILES string of the molecule is CC[C@@H](CO)N1C(=O)[C@@H]2[C@H](C(=O)NCc3ccccc3)[C@]3(C)CCC2(S3)C1C(=O)NCc1ccccc1. The molecule has 5 rings (SSSR count). The molecule has 1 spiro atoms. The zero-order valence-corrected chi connectivity index (χ0v) is 22.2.